The lowest BCUT2D eigenvalue weighted by Crippen LogP contribution is -2.35. The van der Waals surface area contributed by atoms with Gasteiger partial charge < -0.3 is 16.0 Å². The molecule has 0 radical (unpaired) electrons. The SMILES string of the molecule is CNCC(C)CNC(=O)Nc1ccc(F)cc1F. The van der Waals surface area contributed by atoms with Crippen LogP contribution in [0.4, 0.5) is 19.3 Å². The maximum Gasteiger partial charge on any atom is 0.319 e. The minimum atomic E-state index is -0.798. The van der Waals surface area contributed by atoms with E-state index in [0.717, 1.165) is 18.7 Å². The molecule has 1 atom stereocenters. The van der Waals surface area contributed by atoms with Gasteiger partial charge in [0, 0.05) is 12.6 Å². The average Bonchev–Trinajstić information content (AvgIpc) is 2.31. The Balaban J connectivity index is 2.44. The fraction of sp³-hybridized carbons (Fsp3) is 0.417. The van der Waals surface area contributed by atoms with Crippen LogP contribution in [0.1, 0.15) is 6.92 Å². The third kappa shape index (κ3) is 4.67. The predicted molar refractivity (Wildman–Crippen MR) is 66.5 cm³/mol. The molecular formula is C12H17F2N3O. The van der Waals surface area contributed by atoms with Gasteiger partial charge in [-0.1, -0.05) is 6.92 Å². The summed E-state index contributed by atoms with van der Waals surface area (Å²) in [6.07, 6.45) is 0. The van der Waals surface area contributed by atoms with E-state index in [9.17, 15) is 13.6 Å². The van der Waals surface area contributed by atoms with Crippen molar-refractivity contribution in [2.45, 2.75) is 6.92 Å². The number of hydrogen-bond acceptors (Lipinski definition) is 2. The summed E-state index contributed by atoms with van der Waals surface area (Å²) in [4.78, 5) is 11.5. The van der Waals surface area contributed by atoms with Crippen molar-refractivity contribution in [3.05, 3.63) is 29.8 Å². The number of nitrogens with one attached hydrogen (secondary N) is 3. The lowest BCUT2D eigenvalue weighted by Gasteiger charge is -2.13. The first-order valence-corrected chi connectivity index (χ1v) is 5.67. The Morgan fingerprint density at radius 3 is 2.67 bits per heavy atom. The van der Waals surface area contributed by atoms with Crippen LogP contribution in [0.2, 0.25) is 0 Å². The van der Waals surface area contributed by atoms with E-state index in [1.54, 1.807) is 0 Å². The number of halogens is 2. The minimum Gasteiger partial charge on any atom is -0.338 e. The second-order valence-electron chi connectivity index (χ2n) is 4.12. The van der Waals surface area contributed by atoms with Gasteiger partial charge in [0.15, 0.2) is 0 Å². The molecule has 100 valence electrons. The Bertz CT molecular complexity index is 412. The van der Waals surface area contributed by atoms with Gasteiger partial charge in [0.2, 0.25) is 0 Å². The number of urea groups is 1. The van der Waals surface area contributed by atoms with Crippen molar-refractivity contribution in [1.82, 2.24) is 10.6 Å². The first-order chi connectivity index (χ1) is 8.52. The van der Waals surface area contributed by atoms with Crippen LogP contribution in [0, 0.1) is 17.6 Å². The number of hydrogen-bond donors (Lipinski definition) is 3. The molecular weight excluding hydrogens is 240 g/mol. The van der Waals surface area contributed by atoms with Crippen LogP contribution >= 0.6 is 0 Å². The Hall–Kier alpha value is -1.69. The second kappa shape index (κ2) is 6.90. The Kier molecular flexibility index (Phi) is 5.51. The van der Waals surface area contributed by atoms with Crippen molar-refractivity contribution in [3.8, 4) is 0 Å². The van der Waals surface area contributed by atoms with Crippen LogP contribution in [-0.4, -0.2) is 26.2 Å². The third-order valence-electron chi connectivity index (χ3n) is 2.34. The first kappa shape index (κ1) is 14.4. The number of carbonyl (C=O) groups excluding carboxylic acids is 1. The maximum atomic E-state index is 13.2. The summed E-state index contributed by atoms with van der Waals surface area (Å²) < 4.78 is 25.9. The highest BCUT2D eigenvalue weighted by atomic mass is 19.1. The highest BCUT2D eigenvalue weighted by Crippen LogP contribution is 2.14. The number of carbonyl (C=O) groups is 1. The average molecular weight is 257 g/mol. The Labute approximate surface area is 105 Å². The van der Waals surface area contributed by atoms with Gasteiger partial charge in [0.05, 0.1) is 5.69 Å². The van der Waals surface area contributed by atoms with Crippen molar-refractivity contribution in [1.29, 1.82) is 0 Å². The smallest absolute Gasteiger partial charge is 0.319 e. The fourth-order valence-electron chi connectivity index (χ4n) is 1.44. The summed E-state index contributed by atoms with van der Waals surface area (Å²) in [6.45, 7) is 3.20. The molecule has 0 aromatic heterocycles. The molecule has 0 saturated heterocycles. The molecule has 0 aliphatic rings. The molecule has 0 spiro atoms. The summed E-state index contributed by atoms with van der Waals surface area (Å²) in [5.74, 6) is -1.21. The van der Waals surface area contributed by atoms with Gasteiger partial charge in [0.1, 0.15) is 11.6 Å². The van der Waals surface area contributed by atoms with Gasteiger partial charge in [-0.15, -0.1) is 0 Å². The normalized spacial score (nSPS) is 12.0. The standard InChI is InChI=1S/C12H17F2N3O/c1-8(6-15-2)7-16-12(18)17-11-4-3-9(13)5-10(11)14/h3-5,8,15H,6-7H2,1-2H3,(H2,16,17,18). The summed E-state index contributed by atoms with van der Waals surface area (Å²) in [6, 6.07) is 2.48. The van der Waals surface area contributed by atoms with Gasteiger partial charge in [0.25, 0.3) is 0 Å². The number of anilines is 1. The van der Waals surface area contributed by atoms with E-state index in [0.29, 0.717) is 6.54 Å². The highest BCUT2D eigenvalue weighted by Gasteiger charge is 2.08. The number of benzene rings is 1. The molecule has 0 bridgehead atoms. The second-order valence-corrected chi connectivity index (χ2v) is 4.12. The van der Waals surface area contributed by atoms with E-state index >= 15 is 0 Å². The molecule has 0 saturated carbocycles. The molecule has 4 nitrogen and oxygen atoms in total. The van der Waals surface area contributed by atoms with E-state index in [1.165, 1.54) is 6.07 Å². The zero-order chi connectivity index (χ0) is 13.5. The molecule has 3 N–H and O–H groups in total. The molecule has 6 heteroatoms. The largest absolute Gasteiger partial charge is 0.338 e. The molecule has 1 rings (SSSR count). The summed E-state index contributed by atoms with van der Waals surface area (Å²) in [7, 11) is 1.82. The minimum absolute atomic E-state index is 0.0461. The number of amides is 2. The van der Waals surface area contributed by atoms with Crippen LogP contribution in [0.5, 0.6) is 0 Å². The predicted octanol–water partition coefficient (Wildman–Crippen LogP) is 1.94. The van der Waals surface area contributed by atoms with E-state index in [-0.39, 0.29) is 11.6 Å². The van der Waals surface area contributed by atoms with Gasteiger partial charge in [-0.05, 0) is 31.6 Å². The van der Waals surface area contributed by atoms with Gasteiger partial charge >= 0.3 is 6.03 Å². The quantitative estimate of drug-likeness (QED) is 0.755. The monoisotopic (exact) mass is 257 g/mol. The van der Waals surface area contributed by atoms with E-state index in [4.69, 9.17) is 0 Å². The van der Waals surface area contributed by atoms with Crippen LogP contribution in [0.3, 0.4) is 0 Å². The third-order valence-corrected chi connectivity index (χ3v) is 2.34. The molecule has 18 heavy (non-hydrogen) atoms. The molecule has 0 aliphatic carbocycles. The van der Waals surface area contributed by atoms with Crippen molar-refractivity contribution in [2.75, 3.05) is 25.5 Å². The molecule has 0 fully saturated rings. The first-order valence-electron chi connectivity index (χ1n) is 5.67. The van der Waals surface area contributed by atoms with Crippen molar-refractivity contribution >= 4 is 11.7 Å². The van der Waals surface area contributed by atoms with Crippen LogP contribution in [-0.2, 0) is 0 Å². The Morgan fingerprint density at radius 1 is 1.33 bits per heavy atom. The van der Waals surface area contributed by atoms with E-state index < -0.39 is 17.7 Å². The summed E-state index contributed by atoms with van der Waals surface area (Å²) >= 11 is 0. The molecule has 2 amide bonds. The highest BCUT2D eigenvalue weighted by molar-refractivity contribution is 5.89. The topological polar surface area (TPSA) is 53.2 Å². The maximum absolute atomic E-state index is 13.2. The van der Waals surface area contributed by atoms with Crippen LogP contribution in [0.25, 0.3) is 0 Å². The van der Waals surface area contributed by atoms with Crippen LogP contribution in [0.15, 0.2) is 18.2 Å². The zero-order valence-electron chi connectivity index (χ0n) is 10.4. The molecule has 1 unspecified atom stereocenters. The van der Waals surface area contributed by atoms with Crippen LogP contribution < -0.4 is 16.0 Å². The van der Waals surface area contributed by atoms with E-state index in [2.05, 4.69) is 16.0 Å². The number of rotatable bonds is 5. The zero-order valence-corrected chi connectivity index (χ0v) is 10.4. The lowest BCUT2D eigenvalue weighted by atomic mass is 10.2. The van der Waals surface area contributed by atoms with Gasteiger partial charge in [-0.25, -0.2) is 13.6 Å². The molecule has 0 heterocycles. The molecule has 1 aromatic carbocycles. The van der Waals surface area contributed by atoms with E-state index in [1.807, 2.05) is 14.0 Å². The summed E-state index contributed by atoms with van der Waals surface area (Å²) in [5, 5.41) is 7.91. The van der Waals surface area contributed by atoms with Crippen molar-refractivity contribution in [3.63, 3.8) is 0 Å². The van der Waals surface area contributed by atoms with Gasteiger partial charge in [-0.2, -0.15) is 0 Å². The van der Waals surface area contributed by atoms with Crippen molar-refractivity contribution < 1.29 is 13.6 Å². The lowest BCUT2D eigenvalue weighted by molar-refractivity contribution is 0.250. The summed E-state index contributed by atoms with van der Waals surface area (Å²) in [5.41, 5.74) is -0.0461. The molecule has 1 aromatic rings. The molecule has 0 aliphatic heterocycles. The van der Waals surface area contributed by atoms with Crippen molar-refractivity contribution in [2.24, 2.45) is 5.92 Å². The Morgan fingerprint density at radius 2 is 2.06 bits per heavy atom. The fourth-order valence-corrected chi connectivity index (χ4v) is 1.44. The van der Waals surface area contributed by atoms with Gasteiger partial charge in [-0.3, -0.25) is 0 Å².